The third-order valence-corrected chi connectivity index (χ3v) is 4.14. The molecule has 1 aromatic carbocycles. The van der Waals surface area contributed by atoms with E-state index in [0.29, 0.717) is 43.4 Å². The molecule has 2 unspecified atom stereocenters. The smallest absolute Gasteiger partial charge is 0.231 e. The SMILES string of the molecule is COc1cc(CNCC2(O)CCOC2C)cc2c1OCO2. The largest absolute Gasteiger partial charge is 0.493 e. The van der Waals surface area contributed by atoms with Crippen molar-refractivity contribution >= 4 is 0 Å². The van der Waals surface area contributed by atoms with Crippen LogP contribution in [0.5, 0.6) is 17.2 Å². The summed E-state index contributed by atoms with van der Waals surface area (Å²) in [5.74, 6) is 2.01. The number of nitrogens with one attached hydrogen (secondary N) is 1. The average molecular weight is 295 g/mol. The summed E-state index contributed by atoms with van der Waals surface area (Å²) in [5.41, 5.74) is 0.228. The Morgan fingerprint density at radius 1 is 1.43 bits per heavy atom. The van der Waals surface area contributed by atoms with E-state index >= 15 is 0 Å². The van der Waals surface area contributed by atoms with Gasteiger partial charge in [-0.1, -0.05) is 0 Å². The van der Waals surface area contributed by atoms with Gasteiger partial charge in [-0.3, -0.25) is 0 Å². The molecule has 21 heavy (non-hydrogen) atoms. The van der Waals surface area contributed by atoms with E-state index in [9.17, 15) is 5.11 Å². The first kappa shape index (κ1) is 14.4. The Balaban J connectivity index is 1.63. The fourth-order valence-electron chi connectivity index (χ4n) is 2.71. The van der Waals surface area contributed by atoms with E-state index in [-0.39, 0.29) is 12.9 Å². The van der Waals surface area contributed by atoms with Crippen molar-refractivity contribution in [2.24, 2.45) is 0 Å². The molecule has 0 bridgehead atoms. The molecule has 0 spiro atoms. The summed E-state index contributed by atoms with van der Waals surface area (Å²) in [6.07, 6.45) is 0.516. The molecule has 2 aliphatic heterocycles. The molecule has 0 aliphatic carbocycles. The van der Waals surface area contributed by atoms with E-state index in [4.69, 9.17) is 18.9 Å². The highest BCUT2D eigenvalue weighted by molar-refractivity contribution is 5.55. The fourth-order valence-corrected chi connectivity index (χ4v) is 2.71. The molecule has 1 saturated heterocycles. The molecule has 1 aromatic rings. The van der Waals surface area contributed by atoms with Crippen molar-refractivity contribution in [1.29, 1.82) is 0 Å². The minimum Gasteiger partial charge on any atom is -0.493 e. The van der Waals surface area contributed by atoms with Crippen molar-refractivity contribution in [3.8, 4) is 17.2 Å². The Kier molecular flexibility index (Phi) is 3.93. The van der Waals surface area contributed by atoms with Crippen LogP contribution in [0.1, 0.15) is 18.9 Å². The van der Waals surface area contributed by atoms with Gasteiger partial charge in [0.25, 0.3) is 0 Å². The van der Waals surface area contributed by atoms with Gasteiger partial charge in [-0.25, -0.2) is 0 Å². The molecule has 6 heteroatoms. The molecule has 6 nitrogen and oxygen atoms in total. The van der Waals surface area contributed by atoms with Crippen LogP contribution in [0, 0.1) is 0 Å². The van der Waals surface area contributed by atoms with Crippen LogP contribution in [0.4, 0.5) is 0 Å². The molecule has 2 aliphatic rings. The predicted octanol–water partition coefficient (Wildman–Crippen LogP) is 1.05. The van der Waals surface area contributed by atoms with Crippen LogP contribution in [0.15, 0.2) is 12.1 Å². The summed E-state index contributed by atoms with van der Waals surface area (Å²) in [4.78, 5) is 0. The molecule has 1 fully saturated rings. The average Bonchev–Trinajstić information content (AvgIpc) is 3.06. The number of hydrogen-bond donors (Lipinski definition) is 2. The second kappa shape index (κ2) is 5.71. The zero-order valence-electron chi connectivity index (χ0n) is 12.3. The Morgan fingerprint density at radius 3 is 3.00 bits per heavy atom. The van der Waals surface area contributed by atoms with Gasteiger partial charge >= 0.3 is 0 Å². The summed E-state index contributed by atoms with van der Waals surface area (Å²) < 4.78 is 21.5. The van der Waals surface area contributed by atoms with E-state index in [1.807, 2.05) is 19.1 Å². The number of hydrogen-bond acceptors (Lipinski definition) is 6. The lowest BCUT2D eigenvalue weighted by Crippen LogP contribution is -2.45. The first-order valence-electron chi connectivity index (χ1n) is 7.13. The van der Waals surface area contributed by atoms with Crippen molar-refractivity contribution < 1.29 is 24.1 Å². The standard InChI is InChI=1S/C15H21NO5/c1-10-15(17,3-4-19-10)8-16-7-11-5-12(18-2)14-13(6-11)20-9-21-14/h5-6,10,16-17H,3-4,7-9H2,1-2H3. The third-order valence-electron chi connectivity index (χ3n) is 4.14. The van der Waals surface area contributed by atoms with Crippen LogP contribution >= 0.6 is 0 Å². The van der Waals surface area contributed by atoms with E-state index in [1.165, 1.54) is 0 Å². The normalized spacial score (nSPS) is 27.1. The number of methoxy groups -OCH3 is 1. The molecule has 0 aromatic heterocycles. The van der Waals surface area contributed by atoms with Gasteiger partial charge in [0.2, 0.25) is 12.5 Å². The summed E-state index contributed by atoms with van der Waals surface area (Å²) in [5, 5.41) is 13.7. The lowest BCUT2D eigenvalue weighted by molar-refractivity contribution is -0.0262. The maximum atomic E-state index is 10.4. The van der Waals surface area contributed by atoms with Gasteiger partial charge in [0.1, 0.15) is 5.60 Å². The van der Waals surface area contributed by atoms with Crippen molar-refractivity contribution in [1.82, 2.24) is 5.32 Å². The highest BCUT2D eigenvalue weighted by atomic mass is 16.7. The lowest BCUT2D eigenvalue weighted by atomic mass is 9.96. The van der Waals surface area contributed by atoms with Gasteiger partial charge < -0.3 is 29.4 Å². The van der Waals surface area contributed by atoms with Crippen LogP contribution in [-0.2, 0) is 11.3 Å². The van der Waals surface area contributed by atoms with Gasteiger partial charge in [0.15, 0.2) is 11.5 Å². The molecule has 0 radical (unpaired) electrons. The van der Waals surface area contributed by atoms with Gasteiger partial charge in [0.05, 0.1) is 13.2 Å². The van der Waals surface area contributed by atoms with E-state index < -0.39 is 5.60 Å². The van der Waals surface area contributed by atoms with Crippen molar-refractivity contribution in [2.75, 3.05) is 27.1 Å². The second-order valence-corrected chi connectivity index (χ2v) is 5.50. The number of fused-ring (bicyclic) bond motifs is 1. The minimum absolute atomic E-state index is 0.142. The predicted molar refractivity (Wildman–Crippen MR) is 75.8 cm³/mol. The van der Waals surface area contributed by atoms with E-state index in [0.717, 1.165) is 5.56 Å². The molecule has 0 saturated carbocycles. The monoisotopic (exact) mass is 295 g/mol. The summed E-state index contributed by atoms with van der Waals surface area (Å²) in [6.45, 7) is 3.83. The molecule has 2 atom stereocenters. The first-order chi connectivity index (χ1) is 10.1. The quantitative estimate of drug-likeness (QED) is 0.846. The summed E-state index contributed by atoms with van der Waals surface area (Å²) >= 11 is 0. The highest BCUT2D eigenvalue weighted by Crippen LogP contribution is 2.41. The first-order valence-corrected chi connectivity index (χ1v) is 7.13. The van der Waals surface area contributed by atoms with Crippen LogP contribution in [0.25, 0.3) is 0 Å². The topological polar surface area (TPSA) is 69.2 Å². The van der Waals surface area contributed by atoms with Crippen molar-refractivity contribution in [3.63, 3.8) is 0 Å². The summed E-state index contributed by atoms with van der Waals surface area (Å²) in [7, 11) is 1.61. The Labute approximate surface area is 124 Å². The van der Waals surface area contributed by atoms with Gasteiger partial charge in [-0.05, 0) is 24.6 Å². The van der Waals surface area contributed by atoms with Crippen LogP contribution in [0.2, 0.25) is 0 Å². The van der Waals surface area contributed by atoms with Crippen molar-refractivity contribution in [2.45, 2.75) is 31.6 Å². The highest BCUT2D eigenvalue weighted by Gasteiger charge is 2.39. The second-order valence-electron chi connectivity index (χ2n) is 5.50. The van der Waals surface area contributed by atoms with Gasteiger partial charge in [0, 0.05) is 26.1 Å². The molecule has 2 N–H and O–H groups in total. The molecule has 0 amide bonds. The van der Waals surface area contributed by atoms with Crippen LogP contribution < -0.4 is 19.5 Å². The Morgan fingerprint density at radius 2 is 2.29 bits per heavy atom. The van der Waals surface area contributed by atoms with E-state index in [2.05, 4.69) is 5.32 Å². The zero-order chi connectivity index (χ0) is 14.9. The lowest BCUT2D eigenvalue weighted by Gasteiger charge is -2.26. The van der Waals surface area contributed by atoms with Crippen LogP contribution in [0.3, 0.4) is 0 Å². The molecule has 116 valence electrons. The number of aliphatic hydroxyl groups is 1. The summed E-state index contributed by atoms with van der Waals surface area (Å²) in [6, 6.07) is 3.84. The van der Waals surface area contributed by atoms with Crippen molar-refractivity contribution in [3.05, 3.63) is 17.7 Å². The third kappa shape index (κ3) is 2.79. The maximum Gasteiger partial charge on any atom is 0.231 e. The Bertz CT molecular complexity index is 521. The molecular weight excluding hydrogens is 274 g/mol. The molecule has 2 heterocycles. The number of rotatable bonds is 5. The minimum atomic E-state index is -0.791. The molecule has 3 rings (SSSR count). The maximum absolute atomic E-state index is 10.4. The zero-order valence-corrected chi connectivity index (χ0v) is 12.3. The van der Waals surface area contributed by atoms with E-state index in [1.54, 1.807) is 7.11 Å². The van der Waals surface area contributed by atoms with Gasteiger partial charge in [-0.15, -0.1) is 0 Å². The van der Waals surface area contributed by atoms with Crippen LogP contribution in [-0.4, -0.2) is 43.9 Å². The Hall–Kier alpha value is -1.50. The molecular formula is C15H21NO5. The number of ether oxygens (including phenoxy) is 4. The fraction of sp³-hybridized carbons (Fsp3) is 0.600. The van der Waals surface area contributed by atoms with Gasteiger partial charge in [-0.2, -0.15) is 0 Å². The number of benzene rings is 1.